The number of nitrogens with zero attached hydrogens (tertiary/aromatic N) is 1. The first-order valence-corrected chi connectivity index (χ1v) is 8.24. The first kappa shape index (κ1) is 16.8. The molecule has 4 heteroatoms. The van der Waals surface area contributed by atoms with E-state index in [2.05, 4.69) is 19.2 Å². The zero-order valence-electron chi connectivity index (χ0n) is 14.0. The van der Waals surface area contributed by atoms with E-state index in [1.165, 1.54) is 0 Å². The second kappa shape index (κ2) is 8.18. The largest absolute Gasteiger partial charge is 0.493 e. The van der Waals surface area contributed by atoms with Crippen molar-refractivity contribution >= 4 is 5.91 Å². The van der Waals surface area contributed by atoms with Crippen LogP contribution in [0.4, 0.5) is 0 Å². The van der Waals surface area contributed by atoms with Gasteiger partial charge in [0.1, 0.15) is 5.75 Å². The highest BCUT2D eigenvalue weighted by atomic mass is 16.5. The number of hydrogen-bond donors (Lipinski definition) is 1. The molecule has 0 atom stereocenters. The molecule has 1 aromatic rings. The molecule has 122 valence electrons. The summed E-state index contributed by atoms with van der Waals surface area (Å²) in [6, 6.07) is 8.01. The molecule has 0 radical (unpaired) electrons. The fraction of sp³-hybridized carbons (Fsp3) is 0.611. The molecule has 1 heterocycles. The highest BCUT2D eigenvalue weighted by molar-refractivity contribution is 5.78. The van der Waals surface area contributed by atoms with Crippen molar-refractivity contribution in [1.82, 2.24) is 10.2 Å². The third-order valence-electron chi connectivity index (χ3n) is 4.02. The molecule has 4 nitrogen and oxygen atoms in total. The lowest BCUT2D eigenvalue weighted by Gasteiger charge is -2.27. The molecule has 0 unspecified atom stereocenters. The molecule has 1 aromatic carbocycles. The van der Waals surface area contributed by atoms with Crippen LogP contribution in [0.1, 0.15) is 32.3 Å². The lowest BCUT2D eigenvalue weighted by molar-refractivity contribution is -0.135. The monoisotopic (exact) mass is 304 g/mol. The van der Waals surface area contributed by atoms with Crippen molar-refractivity contribution in [2.75, 3.05) is 26.7 Å². The standard InChI is InChI=1S/C18H28N2O2/c1-14(2)13-22-17-7-5-4-6-16(17)12-20(3)18(21)15-8-10-19-11-9-15/h4-7,14-15,19H,8-13H2,1-3H3. The maximum atomic E-state index is 12.5. The summed E-state index contributed by atoms with van der Waals surface area (Å²) in [6.07, 6.45) is 1.88. The van der Waals surface area contributed by atoms with Gasteiger partial charge in [-0.2, -0.15) is 0 Å². The first-order valence-electron chi connectivity index (χ1n) is 8.24. The van der Waals surface area contributed by atoms with Crippen LogP contribution in [0.3, 0.4) is 0 Å². The number of para-hydroxylation sites is 1. The molecular formula is C18H28N2O2. The van der Waals surface area contributed by atoms with E-state index in [4.69, 9.17) is 4.74 Å². The molecule has 0 bridgehead atoms. The van der Waals surface area contributed by atoms with Gasteiger partial charge in [-0.25, -0.2) is 0 Å². The second-order valence-electron chi connectivity index (χ2n) is 6.53. The van der Waals surface area contributed by atoms with E-state index in [1.807, 2.05) is 36.2 Å². The quantitative estimate of drug-likeness (QED) is 0.878. The molecule has 1 aliphatic rings. The Morgan fingerprint density at radius 2 is 2.00 bits per heavy atom. The van der Waals surface area contributed by atoms with E-state index in [0.29, 0.717) is 19.1 Å². The predicted molar refractivity (Wildman–Crippen MR) is 88.8 cm³/mol. The van der Waals surface area contributed by atoms with E-state index in [1.54, 1.807) is 0 Å². The van der Waals surface area contributed by atoms with E-state index in [-0.39, 0.29) is 11.8 Å². The summed E-state index contributed by atoms with van der Waals surface area (Å²) in [6.45, 7) is 7.46. The van der Waals surface area contributed by atoms with E-state index >= 15 is 0 Å². The van der Waals surface area contributed by atoms with Crippen LogP contribution in [0.25, 0.3) is 0 Å². The van der Waals surface area contributed by atoms with Crippen LogP contribution in [0.2, 0.25) is 0 Å². The highest BCUT2D eigenvalue weighted by Gasteiger charge is 2.24. The van der Waals surface area contributed by atoms with Gasteiger partial charge >= 0.3 is 0 Å². The molecule has 0 saturated carbocycles. The molecule has 0 aromatic heterocycles. The third kappa shape index (κ3) is 4.73. The Morgan fingerprint density at radius 1 is 1.32 bits per heavy atom. The minimum absolute atomic E-state index is 0.162. The van der Waals surface area contributed by atoms with Gasteiger partial charge in [0.15, 0.2) is 0 Å². The number of ether oxygens (including phenoxy) is 1. The van der Waals surface area contributed by atoms with Crippen LogP contribution in [0.5, 0.6) is 5.75 Å². The van der Waals surface area contributed by atoms with Crippen molar-refractivity contribution < 1.29 is 9.53 Å². The van der Waals surface area contributed by atoms with Crippen molar-refractivity contribution in [3.8, 4) is 5.75 Å². The van der Waals surface area contributed by atoms with Gasteiger partial charge in [-0.05, 0) is 37.9 Å². The molecule has 0 aliphatic carbocycles. The van der Waals surface area contributed by atoms with Crippen molar-refractivity contribution in [3.05, 3.63) is 29.8 Å². The lowest BCUT2D eigenvalue weighted by atomic mass is 9.96. The minimum Gasteiger partial charge on any atom is -0.493 e. The van der Waals surface area contributed by atoms with Crippen molar-refractivity contribution in [3.63, 3.8) is 0 Å². The van der Waals surface area contributed by atoms with Crippen molar-refractivity contribution in [1.29, 1.82) is 0 Å². The number of carbonyl (C=O) groups is 1. The molecule has 22 heavy (non-hydrogen) atoms. The molecule has 0 spiro atoms. The van der Waals surface area contributed by atoms with Gasteiger partial charge < -0.3 is 15.0 Å². The number of rotatable bonds is 6. The number of benzene rings is 1. The fourth-order valence-electron chi connectivity index (χ4n) is 2.75. The van der Waals surface area contributed by atoms with Gasteiger partial charge in [-0.1, -0.05) is 32.0 Å². The normalized spacial score (nSPS) is 15.8. The molecule has 1 fully saturated rings. The Kier molecular flexibility index (Phi) is 6.25. The number of amides is 1. The Labute approximate surface area is 133 Å². The molecule has 1 amide bonds. The Balaban J connectivity index is 1.98. The average Bonchev–Trinajstić information content (AvgIpc) is 2.54. The summed E-state index contributed by atoms with van der Waals surface area (Å²) in [5.41, 5.74) is 1.08. The highest BCUT2D eigenvalue weighted by Crippen LogP contribution is 2.22. The maximum Gasteiger partial charge on any atom is 0.225 e. The fourth-order valence-corrected chi connectivity index (χ4v) is 2.75. The molecule has 1 N–H and O–H groups in total. The second-order valence-corrected chi connectivity index (χ2v) is 6.53. The minimum atomic E-state index is 0.162. The van der Waals surface area contributed by atoms with E-state index in [0.717, 1.165) is 37.2 Å². The summed E-state index contributed by atoms with van der Waals surface area (Å²) in [4.78, 5) is 14.4. The summed E-state index contributed by atoms with van der Waals surface area (Å²) < 4.78 is 5.88. The van der Waals surface area contributed by atoms with Gasteiger partial charge in [0, 0.05) is 25.1 Å². The molecule has 2 rings (SSSR count). The Bertz CT molecular complexity index is 482. The number of carbonyl (C=O) groups excluding carboxylic acids is 1. The van der Waals surface area contributed by atoms with Crippen LogP contribution < -0.4 is 10.1 Å². The zero-order chi connectivity index (χ0) is 15.9. The number of piperidine rings is 1. The van der Waals surface area contributed by atoms with Crippen molar-refractivity contribution in [2.45, 2.75) is 33.2 Å². The van der Waals surface area contributed by atoms with Crippen LogP contribution in [-0.4, -0.2) is 37.6 Å². The first-order chi connectivity index (χ1) is 10.6. The van der Waals surface area contributed by atoms with Gasteiger partial charge in [-0.3, -0.25) is 4.79 Å². The Morgan fingerprint density at radius 3 is 2.68 bits per heavy atom. The number of hydrogen-bond acceptors (Lipinski definition) is 3. The average molecular weight is 304 g/mol. The summed E-state index contributed by atoms with van der Waals surface area (Å²) >= 11 is 0. The van der Waals surface area contributed by atoms with Gasteiger partial charge in [0.25, 0.3) is 0 Å². The Hall–Kier alpha value is -1.55. The van der Waals surface area contributed by atoms with Crippen LogP contribution in [-0.2, 0) is 11.3 Å². The van der Waals surface area contributed by atoms with E-state index in [9.17, 15) is 4.79 Å². The summed E-state index contributed by atoms with van der Waals surface area (Å²) in [5.74, 6) is 1.79. The predicted octanol–water partition coefficient (Wildman–Crippen LogP) is 2.68. The third-order valence-corrected chi connectivity index (χ3v) is 4.02. The smallest absolute Gasteiger partial charge is 0.225 e. The van der Waals surface area contributed by atoms with Gasteiger partial charge in [0.2, 0.25) is 5.91 Å². The summed E-state index contributed by atoms with van der Waals surface area (Å²) in [7, 11) is 1.89. The molecular weight excluding hydrogens is 276 g/mol. The zero-order valence-corrected chi connectivity index (χ0v) is 14.0. The molecule has 1 saturated heterocycles. The molecule has 1 aliphatic heterocycles. The summed E-state index contributed by atoms with van der Waals surface area (Å²) in [5, 5.41) is 3.30. The van der Waals surface area contributed by atoms with E-state index < -0.39 is 0 Å². The number of nitrogens with one attached hydrogen (secondary N) is 1. The van der Waals surface area contributed by atoms with Crippen molar-refractivity contribution in [2.24, 2.45) is 11.8 Å². The lowest BCUT2D eigenvalue weighted by Crippen LogP contribution is -2.38. The van der Waals surface area contributed by atoms with Gasteiger partial charge in [0.05, 0.1) is 6.61 Å². The SMILES string of the molecule is CC(C)COc1ccccc1CN(C)C(=O)C1CCNCC1. The van der Waals surface area contributed by atoms with Gasteiger partial charge in [-0.15, -0.1) is 0 Å². The maximum absolute atomic E-state index is 12.5. The van der Waals surface area contributed by atoms with Crippen LogP contribution in [0.15, 0.2) is 24.3 Å². The van der Waals surface area contributed by atoms with Crippen LogP contribution in [0, 0.1) is 11.8 Å². The van der Waals surface area contributed by atoms with Crippen LogP contribution >= 0.6 is 0 Å². The topological polar surface area (TPSA) is 41.6 Å².